The van der Waals surface area contributed by atoms with Crippen molar-refractivity contribution in [2.45, 2.75) is 70.1 Å². The molecule has 0 aromatic heterocycles. The summed E-state index contributed by atoms with van der Waals surface area (Å²) < 4.78 is 23.2. The summed E-state index contributed by atoms with van der Waals surface area (Å²) in [6.07, 6.45) is -0.407. The molecule has 172 valence electrons. The lowest BCUT2D eigenvalue weighted by molar-refractivity contribution is -0.174. The molecule has 0 aliphatic carbocycles. The van der Waals surface area contributed by atoms with Gasteiger partial charge in [-0.1, -0.05) is 12.7 Å². The van der Waals surface area contributed by atoms with Crippen LogP contribution in [0.5, 0.6) is 0 Å². The highest BCUT2D eigenvalue weighted by atomic mass is 16.6. The van der Waals surface area contributed by atoms with E-state index in [9.17, 15) is 24.6 Å². The standard InChI is InChI=1S/C22H30O9/c1-5-13(9-23)21(27)29-16-8-22(4)7-6-15(28-12(3)25)14(10-24)18(31-22)19-17(16)11(2)20(26)30-19/h5,14-19,23-24H,2,6-10H2,1,3-4H3/b13-5-/t14-,15-,16+,17+,18+,19-,22+/m0/s1. The van der Waals surface area contributed by atoms with Gasteiger partial charge in [-0.05, 0) is 26.7 Å². The van der Waals surface area contributed by atoms with Gasteiger partial charge in [0.1, 0.15) is 24.4 Å². The summed E-state index contributed by atoms with van der Waals surface area (Å²) >= 11 is 0. The second-order valence-corrected chi connectivity index (χ2v) is 8.61. The number of esters is 3. The van der Waals surface area contributed by atoms with E-state index in [0.717, 1.165) is 0 Å². The molecule has 0 spiro atoms. The zero-order valence-corrected chi connectivity index (χ0v) is 18.0. The normalized spacial score (nSPS) is 37.9. The van der Waals surface area contributed by atoms with Gasteiger partial charge in [0.15, 0.2) is 0 Å². The van der Waals surface area contributed by atoms with E-state index in [-0.39, 0.29) is 24.2 Å². The molecule has 9 heteroatoms. The van der Waals surface area contributed by atoms with Crippen LogP contribution >= 0.6 is 0 Å². The van der Waals surface area contributed by atoms with Crippen molar-refractivity contribution < 1.29 is 43.5 Å². The van der Waals surface area contributed by atoms with E-state index in [2.05, 4.69) is 6.58 Å². The largest absolute Gasteiger partial charge is 0.462 e. The molecule has 9 nitrogen and oxygen atoms in total. The van der Waals surface area contributed by atoms with Gasteiger partial charge in [0, 0.05) is 24.8 Å². The van der Waals surface area contributed by atoms with Crippen LogP contribution in [0.1, 0.15) is 40.0 Å². The van der Waals surface area contributed by atoms with E-state index < -0.39 is 66.4 Å². The van der Waals surface area contributed by atoms with Crippen LogP contribution in [0.4, 0.5) is 0 Å². The third-order valence-electron chi connectivity index (χ3n) is 6.46. The highest BCUT2D eigenvalue weighted by molar-refractivity contribution is 5.92. The average molecular weight is 438 g/mol. The van der Waals surface area contributed by atoms with Crippen LogP contribution in [-0.4, -0.2) is 71.4 Å². The van der Waals surface area contributed by atoms with Crippen LogP contribution in [0.2, 0.25) is 0 Å². The van der Waals surface area contributed by atoms with Crippen molar-refractivity contribution in [1.29, 1.82) is 0 Å². The molecule has 2 bridgehead atoms. The Labute approximate surface area is 181 Å². The van der Waals surface area contributed by atoms with Crippen LogP contribution in [0, 0.1) is 11.8 Å². The van der Waals surface area contributed by atoms with Crippen LogP contribution in [0.3, 0.4) is 0 Å². The number of allylic oxidation sites excluding steroid dienone is 1. The molecular formula is C22H30O9. The third kappa shape index (κ3) is 4.53. The third-order valence-corrected chi connectivity index (χ3v) is 6.46. The van der Waals surface area contributed by atoms with Gasteiger partial charge in [-0.15, -0.1) is 0 Å². The summed E-state index contributed by atoms with van der Waals surface area (Å²) in [5, 5.41) is 19.5. The number of carbonyl (C=O) groups is 3. The zero-order valence-electron chi connectivity index (χ0n) is 18.0. The minimum atomic E-state index is -0.865. The summed E-state index contributed by atoms with van der Waals surface area (Å²) in [6, 6.07) is 0. The molecule has 3 heterocycles. The fourth-order valence-corrected chi connectivity index (χ4v) is 4.86. The molecule has 0 aromatic rings. The molecule has 0 unspecified atom stereocenters. The number of aliphatic hydroxyl groups excluding tert-OH is 2. The maximum Gasteiger partial charge on any atom is 0.336 e. The zero-order chi connectivity index (χ0) is 22.9. The monoisotopic (exact) mass is 438 g/mol. The number of ether oxygens (including phenoxy) is 4. The number of aliphatic hydroxyl groups is 2. The van der Waals surface area contributed by atoms with Crippen molar-refractivity contribution in [2.24, 2.45) is 11.8 Å². The Morgan fingerprint density at radius 1 is 1.26 bits per heavy atom. The molecule has 3 rings (SSSR count). The van der Waals surface area contributed by atoms with E-state index in [1.54, 1.807) is 6.92 Å². The first-order chi connectivity index (χ1) is 14.6. The highest BCUT2D eigenvalue weighted by Gasteiger charge is 2.58. The van der Waals surface area contributed by atoms with Crippen LogP contribution in [0.15, 0.2) is 23.8 Å². The second kappa shape index (κ2) is 9.10. The maximum atomic E-state index is 12.6. The van der Waals surface area contributed by atoms with Gasteiger partial charge >= 0.3 is 17.9 Å². The number of fused-ring (bicyclic) bond motifs is 4. The Balaban J connectivity index is 2.00. The van der Waals surface area contributed by atoms with Gasteiger partial charge in [0.05, 0.1) is 30.3 Å². The fourth-order valence-electron chi connectivity index (χ4n) is 4.86. The van der Waals surface area contributed by atoms with E-state index >= 15 is 0 Å². The van der Waals surface area contributed by atoms with Gasteiger partial charge < -0.3 is 29.2 Å². The molecule has 0 saturated carbocycles. The Bertz CT molecular complexity index is 788. The predicted molar refractivity (Wildman–Crippen MR) is 106 cm³/mol. The second-order valence-electron chi connectivity index (χ2n) is 8.61. The smallest absolute Gasteiger partial charge is 0.336 e. The van der Waals surface area contributed by atoms with E-state index in [1.807, 2.05) is 6.92 Å². The van der Waals surface area contributed by atoms with Gasteiger partial charge in [-0.3, -0.25) is 4.79 Å². The highest BCUT2D eigenvalue weighted by Crippen LogP contribution is 2.48. The summed E-state index contributed by atoms with van der Waals surface area (Å²) in [5.74, 6) is -3.10. The Morgan fingerprint density at radius 3 is 2.55 bits per heavy atom. The molecule has 31 heavy (non-hydrogen) atoms. The minimum absolute atomic E-state index is 0.103. The molecule has 7 atom stereocenters. The van der Waals surface area contributed by atoms with Crippen molar-refractivity contribution in [1.82, 2.24) is 0 Å². The van der Waals surface area contributed by atoms with Gasteiger partial charge in [-0.25, -0.2) is 9.59 Å². The molecule has 3 aliphatic rings. The predicted octanol–water partition coefficient (Wildman–Crippen LogP) is 0.816. The van der Waals surface area contributed by atoms with Crippen LogP contribution in [-0.2, 0) is 33.3 Å². The van der Waals surface area contributed by atoms with Crippen LogP contribution in [0.25, 0.3) is 0 Å². The van der Waals surface area contributed by atoms with E-state index in [1.165, 1.54) is 13.0 Å². The first-order valence-electron chi connectivity index (χ1n) is 10.5. The van der Waals surface area contributed by atoms with Gasteiger partial charge in [0.25, 0.3) is 0 Å². The average Bonchev–Trinajstić information content (AvgIpc) is 2.85. The fraction of sp³-hybridized carbons (Fsp3) is 0.682. The first kappa shape index (κ1) is 23.4. The summed E-state index contributed by atoms with van der Waals surface area (Å²) in [4.78, 5) is 36.6. The number of hydrogen-bond donors (Lipinski definition) is 2. The lowest BCUT2D eigenvalue weighted by Crippen LogP contribution is -2.47. The number of rotatable bonds is 5. The molecule has 0 amide bonds. The molecule has 0 radical (unpaired) electrons. The maximum absolute atomic E-state index is 12.6. The lowest BCUT2D eigenvalue weighted by atomic mass is 9.78. The van der Waals surface area contributed by atoms with Crippen LogP contribution < -0.4 is 0 Å². The Morgan fingerprint density at radius 2 is 1.97 bits per heavy atom. The summed E-state index contributed by atoms with van der Waals surface area (Å²) in [6.45, 7) is 7.81. The lowest BCUT2D eigenvalue weighted by Gasteiger charge is -2.34. The number of carbonyl (C=O) groups excluding carboxylic acids is 3. The quantitative estimate of drug-likeness (QED) is 0.364. The van der Waals surface area contributed by atoms with Crippen molar-refractivity contribution in [3.05, 3.63) is 23.8 Å². The molecule has 3 aliphatic heterocycles. The van der Waals surface area contributed by atoms with Gasteiger partial charge in [-0.2, -0.15) is 0 Å². The number of hydrogen-bond acceptors (Lipinski definition) is 9. The topological polar surface area (TPSA) is 129 Å². The Kier molecular flexibility index (Phi) is 6.88. The van der Waals surface area contributed by atoms with E-state index in [0.29, 0.717) is 12.8 Å². The minimum Gasteiger partial charge on any atom is -0.462 e. The molecule has 2 N–H and O–H groups in total. The van der Waals surface area contributed by atoms with E-state index in [4.69, 9.17) is 18.9 Å². The Hall–Kier alpha value is -2.23. The van der Waals surface area contributed by atoms with Gasteiger partial charge in [0.2, 0.25) is 0 Å². The first-order valence-corrected chi connectivity index (χ1v) is 10.5. The molecule has 3 fully saturated rings. The summed E-state index contributed by atoms with van der Waals surface area (Å²) in [7, 11) is 0. The summed E-state index contributed by atoms with van der Waals surface area (Å²) in [5.41, 5.74) is -0.524. The van der Waals surface area contributed by atoms with Crippen molar-refractivity contribution in [3.8, 4) is 0 Å². The van der Waals surface area contributed by atoms with Crippen molar-refractivity contribution in [2.75, 3.05) is 13.2 Å². The molecule has 0 aromatic carbocycles. The van der Waals surface area contributed by atoms with Crippen molar-refractivity contribution in [3.63, 3.8) is 0 Å². The SMILES string of the molecule is C=C1C(=O)O[C@@H]2[C@@H]3O[C@](C)(CC[C@H](OC(C)=O)[C@@H]3CO)C[C@@H](OC(=O)/C(=C\C)CO)[C@@H]12. The molecular weight excluding hydrogens is 408 g/mol. The van der Waals surface area contributed by atoms with Crippen molar-refractivity contribution >= 4 is 17.9 Å². The molecule has 3 saturated heterocycles.